The molecule has 0 spiro atoms. The highest BCUT2D eigenvalue weighted by molar-refractivity contribution is 9.09. The van der Waals surface area contributed by atoms with Crippen LogP contribution in [0.4, 0.5) is 0 Å². The highest BCUT2D eigenvalue weighted by atomic mass is 79.9. The van der Waals surface area contributed by atoms with Crippen molar-refractivity contribution in [3.05, 3.63) is 12.2 Å². The highest BCUT2D eigenvalue weighted by Crippen LogP contribution is 2.09. The molecule has 66 valence electrons. The van der Waals surface area contributed by atoms with E-state index in [0.29, 0.717) is 0 Å². The first-order valence-corrected chi connectivity index (χ1v) is 9.10. The van der Waals surface area contributed by atoms with Crippen LogP contribution in [0.2, 0.25) is 25.7 Å². The second kappa shape index (κ2) is 6.01. The van der Waals surface area contributed by atoms with Gasteiger partial charge in [-0.3, -0.25) is 0 Å². The van der Waals surface area contributed by atoms with Crippen LogP contribution in [0.3, 0.4) is 0 Å². The SMILES string of the molecule is C[Si](C)(C)C/C=C/CCCBr. The Morgan fingerprint density at radius 2 is 1.82 bits per heavy atom. The second-order valence-corrected chi connectivity index (χ2v) is 10.4. The normalized spacial score (nSPS) is 12.7. The molecule has 0 aliphatic rings. The summed E-state index contributed by atoms with van der Waals surface area (Å²) in [4.78, 5) is 0. The van der Waals surface area contributed by atoms with E-state index in [0.717, 1.165) is 5.33 Å². The Morgan fingerprint density at radius 1 is 1.18 bits per heavy atom. The lowest BCUT2D eigenvalue weighted by Gasteiger charge is -2.11. The van der Waals surface area contributed by atoms with Crippen LogP contribution in [-0.2, 0) is 0 Å². The summed E-state index contributed by atoms with van der Waals surface area (Å²) in [6.07, 6.45) is 7.17. The Labute approximate surface area is 80.2 Å². The second-order valence-electron chi connectivity index (χ2n) is 4.07. The maximum Gasteiger partial charge on any atom is 0.0480 e. The maximum atomic E-state index is 3.42. The van der Waals surface area contributed by atoms with E-state index < -0.39 is 8.07 Å². The molecule has 0 N–H and O–H groups in total. The van der Waals surface area contributed by atoms with Gasteiger partial charge in [0.15, 0.2) is 0 Å². The van der Waals surface area contributed by atoms with E-state index in [4.69, 9.17) is 0 Å². The maximum absolute atomic E-state index is 3.42. The molecule has 0 unspecified atom stereocenters. The van der Waals surface area contributed by atoms with E-state index in [1.807, 2.05) is 0 Å². The Hall–Kier alpha value is 0.437. The molecule has 0 aliphatic heterocycles. The Bertz CT molecular complexity index is 113. The van der Waals surface area contributed by atoms with Gasteiger partial charge in [0, 0.05) is 13.4 Å². The number of allylic oxidation sites excluding steroid dienone is 2. The molecule has 0 amide bonds. The van der Waals surface area contributed by atoms with Crippen LogP contribution in [-0.4, -0.2) is 13.4 Å². The number of halogens is 1. The molecule has 0 saturated heterocycles. The van der Waals surface area contributed by atoms with Crippen molar-refractivity contribution in [2.24, 2.45) is 0 Å². The average Bonchev–Trinajstić information content (AvgIpc) is 1.85. The van der Waals surface area contributed by atoms with Gasteiger partial charge in [-0.25, -0.2) is 0 Å². The Kier molecular flexibility index (Phi) is 6.25. The Morgan fingerprint density at radius 3 is 2.27 bits per heavy atom. The molecule has 0 saturated carbocycles. The fourth-order valence-electron chi connectivity index (χ4n) is 0.750. The van der Waals surface area contributed by atoms with Crippen molar-refractivity contribution in [1.29, 1.82) is 0 Å². The van der Waals surface area contributed by atoms with Crippen molar-refractivity contribution in [3.8, 4) is 0 Å². The standard InChI is InChI=1S/C9H19BrSi/c1-11(2,3)9-7-5-4-6-8-10/h5,7H,4,6,8-9H2,1-3H3/b7-5+. The number of unbranched alkanes of at least 4 members (excludes halogenated alkanes) is 1. The minimum absolute atomic E-state index is 0.816. The van der Waals surface area contributed by atoms with E-state index in [1.54, 1.807) is 0 Å². The van der Waals surface area contributed by atoms with E-state index in [1.165, 1.54) is 18.9 Å². The molecule has 0 nitrogen and oxygen atoms in total. The summed E-state index contributed by atoms with van der Waals surface area (Å²) in [5.41, 5.74) is 0. The third kappa shape index (κ3) is 10.4. The molecule has 0 aromatic carbocycles. The molecule has 0 aromatic rings. The van der Waals surface area contributed by atoms with Crippen LogP contribution in [0.15, 0.2) is 12.2 Å². The summed E-state index contributed by atoms with van der Waals surface area (Å²) < 4.78 is 0. The topological polar surface area (TPSA) is 0 Å². The third-order valence-electron chi connectivity index (χ3n) is 1.40. The van der Waals surface area contributed by atoms with Crippen LogP contribution in [0.25, 0.3) is 0 Å². The first-order valence-electron chi connectivity index (χ1n) is 4.27. The molecule has 0 heterocycles. The molecule has 0 aliphatic carbocycles. The van der Waals surface area contributed by atoms with Crippen molar-refractivity contribution in [2.45, 2.75) is 38.5 Å². The van der Waals surface area contributed by atoms with Crippen molar-refractivity contribution in [1.82, 2.24) is 0 Å². The lowest BCUT2D eigenvalue weighted by molar-refractivity contribution is 0.977. The van der Waals surface area contributed by atoms with Crippen molar-refractivity contribution >= 4 is 24.0 Å². The third-order valence-corrected chi connectivity index (χ3v) is 3.42. The number of hydrogen-bond acceptors (Lipinski definition) is 0. The molecule has 11 heavy (non-hydrogen) atoms. The van der Waals surface area contributed by atoms with Gasteiger partial charge >= 0.3 is 0 Å². The zero-order chi connectivity index (χ0) is 8.74. The van der Waals surface area contributed by atoms with Gasteiger partial charge in [-0.2, -0.15) is 0 Å². The smallest absolute Gasteiger partial charge is 0.0480 e. The van der Waals surface area contributed by atoms with E-state index in [9.17, 15) is 0 Å². The molecule has 0 atom stereocenters. The molecule has 0 fully saturated rings. The van der Waals surface area contributed by atoms with Crippen molar-refractivity contribution in [3.63, 3.8) is 0 Å². The van der Waals surface area contributed by atoms with Crippen LogP contribution in [0.1, 0.15) is 12.8 Å². The largest absolute Gasteiger partial charge is 0.0928 e. The predicted octanol–water partition coefficient (Wildman–Crippen LogP) is 4.06. The fraction of sp³-hybridized carbons (Fsp3) is 0.778. The van der Waals surface area contributed by atoms with E-state index in [-0.39, 0.29) is 0 Å². The minimum Gasteiger partial charge on any atom is -0.0928 e. The zero-order valence-electron chi connectivity index (χ0n) is 7.86. The average molecular weight is 235 g/mol. The van der Waals surface area contributed by atoms with E-state index in [2.05, 4.69) is 47.7 Å². The van der Waals surface area contributed by atoms with E-state index >= 15 is 0 Å². The van der Waals surface area contributed by atoms with Gasteiger partial charge in [0.05, 0.1) is 0 Å². The van der Waals surface area contributed by atoms with Gasteiger partial charge in [0.25, 0.3) is 0 Å². The lowest BCUT2D eigenvalue weighted by atomic mass is 10.3. The summed E-state index contributed by atoms with van der Waals surface area (Å²) in [5.74, 6) is 0. The molecular weight excluding hydrogens is 216 g/mol. The number of hydrogen-bond donors (Lipinski definition) is 0. The molecule has 0 bridgehead atoms. The molecule has 2 heteroatoms. The van der Waals surface area contributed by atoms with Gasteiger partial charge in [0.2, 0.25) is 0 Å². The quantitative estimate of drug-likeness (QED) is 0.292. The van der Waals surface area contributed by atoms with Crippen LogP contribution in [0, 0.1) is 0 Å². The Balaban J connectivity index is 3.30. The minimum atomic E-state index is -0.816. The van der Waals surface area contributed by atoms with Crippen LogP contribution >= 0.6 is 15.9 Å². The molecule has 0 radical (unpaired) electrons. The van der Waals surface area contributed by atoms with Crippen molar-refractivity contribution < 1.29 is 0 Å². The zero-order valence-corrected chi connectivity index (χ0v) is 10.4. The van der Waals surface area contributed by atoms with Crippen molar-refractivity contribution in [2.75, 3.05) is 5.33 Å². The monoisotopic (exact) mass is 234 g/mol. The van der Waals surface area contributed by atoms with Gasteiger partial charge in [0.1, 0.15) is 0 Å². The number of rotatable bonds is 5. The highest BCUT2D eigenvalue weighted by Gasteiger charge is 2.08. The van der Waals surface area contributed by atoms with Crippen LogP contribution < -0.4 is 0 Å². The molecule has 0 aromatic heterocycles. The summed E-state index contributed by atoms with van der Waals surface area (Å²) in [6, 6.07) is 1.33. The van der Waals surface area contributed by atoms with Gasteiger partial charge < -0.3 is 0 Å². The molecule has 0 rings (SSSR count). The number of alkyl halides is 1. The summed E-state index contributed by atoms with van der Waals surface area (Å²) in [7, 11) is -0.816. The first-order chi connectivity index (χ1) is 5.06. The fourth-order valence-corrected chi connectivity index (χ4v) is 1.95. The summed E-state index contributed by atoms with van der Waals surface area (Å²) in [6.45, 7) is 7.21. The van der Waals surface area contributed by atoms with Crippen LogP contribution in [0.5, 0.6) is 0 Å². The summed E-state index contributed by atoms with van der Waals surface area (Å²) in [5, 5.41) is 1.13. The van der Waals surface area contributed by atoms with Gasteiger partial charge in [-0.15, -0.1) is 0 Å². The first kappa shape index (κ1) is 11.4. The van der Waals surface area contributed by atoms with Gasteiger partial charge in [-0.1, -0.05) is 47.7 Å². The molecular formula is C9H19BrSi. The predicted molar refractivity (Wildman–Crippen MR) is 60.3 cm³/mol. The lowest BCUT2D eigenvalue weighted by Crippen LogP contribution is -2.17. The summed E-state index contributed by atoms with van der Waals surface area (Å²) >= 11 is 3.42. The van der Waals surface area contributed by atoms with Gasteiger partial charge in [-0.05, 0) is 18.9 Å².